The van der Waals surface area contributed by atoms with Gasteiger partial charge in [0.25, 0.3) is 0 Å². The Morgan fingerprint density at radius 1 is 0.952 bits per heavy atom. The first-order chi connectivity index (χ1) is 10.4. The summed E-state index contributed by atoms with van der Waals surface area (Å²) in [6.45, 7) is 8.14. The number of nitrogens with zero attached hydrogens (tertiary/aromatic N) is 2. The molecule has 4 fully saturated rings. The lowest BCUT2D eigenvalue weighted by Gasteiger charge is -2.32. The minimum atomic E-state index is 0.804. The Balaban J connectivity index is 1.20. The van der Waals surface area contributed by atoms with Crippen LogP contribution in [-0.4, -0.2) is 73.9 Å². The summed E-state index contributed by atoms with van der Waals surface area (Å²) < 4.78 is 5.48. The van der Waals surface area contributed by atoms with E-state index >= 15 is 0 Å². The fraction of sp³-hybridized carbons (Fsp3) is 1.00. The quantitative estimate of drug-likeness (QED) is 0.846. The number of morpholine rings is 1. The van der Waals surface area contributed by atoms with E-state index in [9.17, 15) is 0 Å². The summed E-state index contributed by atoms with van der Waals surface area (Å²) in [7, 11) is 0. The predicted octanol–water partition coefficient (Wildman–Crippen LogP) is 1.31. The van der Waals surface area contributed by atoms with Gasteiger partial charge in [-0.2, -0.15) is 0 Å². The Kier molecular flexibility index (Phi) is 4.49. The molecule has 21 heavy (non-hydrogen) atoms. The first-order valence-corrected chi connectivity index (χ1v) is 9.17. The third-order valence-electron chi connectivity index (χ3n) is 6.23. The Bertz CT molecular complexity index is 333. The Morgan fingerprint density at radius 2 is 1.71 bits per heavy atom. The van der Waals surface area contributed by atoms with Crippen molar-refractivity contribution >= 4 is 0 Å². The van der Waals surface area contributed by atoms with Gasteiger partial charge in [0.2, 0.25) is 0 Å². The first kappa shape index (κ1) is 14.4. The molecule has 0 saturated carbocycles. The molecule has 4 saturated heterocycles. The van der Waals surface area contributed by atoms with Gasteiger partial charge in [-0.15, -0.1) is 0 Å². The van der Waals surface area contributed by atoms with E-state index in [1.807, 2.05) is 0 Å². The van der Waals surface area contributed by atoms with Crippen LogP contribution in [0.15, 0.2) is 0 Å². The lowest BCUT2D eigenvalue weighted by molar-refractivity contribution is 0.0184. The van der Waals surface area contributed by atoms with Gasteiger partial charge in [-0.05, 0) is 57.5 Å². The van der Waals surface area contributed by atoms with E-state index in [1.165, 1.54) is 58.2 Å². The predicted molar refractivity (Wildman–Crippen MR) is 84.5 cm³/mol. The monoisotopic (exact) mass is 293 g/mol. The van der Waals surface area contributed by atoms with Crippen LogP contribution in [0.4, 0.5) is 0 Å². The van der Waals surface area contributed by atoms with Crippen molar-refractivity contribution < 1.29 is 4.74 Å². The van der Waals surface area contributed by atoms with Crippen LogP contribution in [-0.2, 0) is 4.74 Å². The van der Waals surface area contributed by atoms with Gasteiger partial charge in [0.05, 0.1) is 13.2 Å². The highest BCUT2D eigenvalue weighted by Crippen LogP contribution is 2.33. The lowest BCUT2D eigenvalue weighted by Crippen LogP contribution is -2.45. The van der Waals surface area contributed by atoms with Crippen molar-refractivity contribution in [2.75, 3.05) is 45.9 Å². The van der Waals surface area contributed by atoms with E-state index in [-0.39, 0.29) is 0 Å². The van der Waals surface area contributed by atoms with Gasteiger partial charge in [0.15, 0.2) is 0 Å². The van der Waals surface area contributed by atoms with E-state index in [0.717, 1.165) is 50.3 Å². The molecule has 4 aliphatic heterocycles. The van der Waals surface area contributed by atoms with Crippen LogP contribution < -0.4 is 5.32 Å². The molecule has 0 aromatic rings. The zero-order valence-electron chi connectivity index (χ0n) is 13.3. The summed E-state index contributed by atoms with van der Waals surface area (Å²) in [6.07, 6.45) is 8.56. The molecule has 120 valence electrons. The van der Waals surface area contributed by atoms with Gasteiger partial charge in [-0.25, -0.2) is 0 Å². The molecule has 3 atom stereocenters. The van der Waals surface area contributed by atoms with Gasteiger partial charge in [0.1, 0.15) is 0 Å². The number of ether oxygens (including phenoxy) is 1. The maximum atomic E-state index is 5.48. The first-order valence-electron chi connectivity index (χ1n) is 9.17. The molecule has 4 nitrogen and oxygen atoms in total. The van der Waals surface area contributed by atoms with Crippen molar-refractivity contribution in [3.8, 4) is 0 Å². The number of piperidine rings is 1. The number of fused-ring (bicyclic) bond motifs is 2. The molecule has 4 heterocycles. The molecule has 2 bridgehead atoms. The number of hydrogen-bond acceptors (Lipinski definition) is 4. The highest BCUT2D eigenvalue weighted by Gasteiger charge is 2.34. The van der Waals surface area contributed by atoms with Crippen LogP contribution in [0.25, 0.3) is 0 Å². The fourth-order valence-electron chi connectivity index (χ4n) is 5.03. The minimum absolute atomic E-state index is 0.804. The second-order valence-electron chi connectivity index (χ2n) is 7.66. The van der Waals surface area contributed by atoms with Crippen molar-refractivity contribution in [2.45, 2.75) is 56.7 Å². The van der Waals surface area contributed by atoms with Crippen molar-refractivity contribution in [2.24, 2.45) is 5.92 Å². The highest BCUT2D eigenvalue weighted by atomic mass is 16.5. The maximum absolute atomic E-state index is 5.48. The minimum Gasteiger partial charge on any atom is -0.379 e. The maximum Gasteiger partial charge on any atom is 0.0594 e. The van der Waals surface area contributed by atoms with E-state index in [2.05, 4.69) is 15.1 Å². The van der Waals surface area contributed by atoms with Crippen molar-refractivity contribution in [3.63, 3.8) is 0 Å². The molecule has 0 radical (unpaired) electrons. The van der Waals surface area contributed by atoms with E-state index < -0.39 is 0 Å². The van der Waals surface area contributed by atoms with Crippen molar-refractivity contribution in [1.29, 1.82) is 0 Å². The number of nitrogens with one attached hydrogen (secondary N) is 1. The summed E-state index contributed by atoms with van der Waals surface area (Å²) in [5.74, 6) is 0.992. The summed E-state index contributed by atoms with van der Waals surface area (Å²) in [4.78, 5) is 5.39. The lowest BCUT2D eigenvalue weighted by atomic mass is 9.89. The van der Waals surface area contributed by atoms with Gasteiger partial charge in [-0.3, -0.25) is 4.90 Å². The van der Waals surface area contributed by atoms with E-state index in [4.69, 9.17) is 4.74 Å². The molecule has 4 heteroatoms. The third kappa shape index (κ3) is 3.44. The second-order valence-corrected chi connectivity index (χ2v) is 7.66. The molecule has 0 spiro atoms. The van der Waals surface area contributed by atoms with Crippen LogP contribution in [0, 0.1) is 5.92 Å². The zero-order chi connectivity index (χ0) is 14.1. The molecule has 4 rings (SSSR count). The fourth-order valence-corrected chi connectivity index (χ4v) is 5.03. The molecule has 0 amide bonds. The van der Waals surface area contributed by atoms with Crippen LogP contribution in [0.1, 0.15) is 38.5 Å². The molecule has 1 N–H and O–H groups in total. The number of hydrogen-bond donors (Lipinski definition) is 1. The van der Waals surface area contributed by atoms with Crippen LogP contribution in [0.5, 0.6) is 0 Å². The van der Waals surface area contributed by atoms with Crippen LogP contribution in [0.3, 0.4) is 0 Å². The van der Waals surface area contributed by atoms with E-state index in [0.29, 0.717) is 0 Å². The van der Waals surface area contributed by atoms with E-state index in [1.54, 1.807) is 0 Å². The molecular weight excluding hydrogens is 262 g/mol. The molecule has 0 aliphatic carbocycles. The Hall–Kier alpha value is -0.160. The van der Waals surface area contributed by atoms with Crippen LogP contribution in [0.2, 0.25) is 0 Å². The molecule has 4 aliphatic rings. The molecular formula is C17H31N3O. The second kappa shape index (κ2) is 6.53. The summed E-state index contributed by atoms with van der Waals surface area (Å²) in [5.41, 5.74) is 0. The molecule has 0 aromatic carbocycles. The van der Waals surface area contributed by atoms with Gasteiger partial charge >= 0.3 is 0 Å². The summed E-state index contributed by atoms with van der Waals surface area (Å²) in [6, 6.07) is 2.51. The largest absolute Gasteiger partial charge is 0.379 e. The number of likely N-dealkylation sites (tertiary alicyclic amines) is 1. The number of rotatable bonds is 4. The highest BCUT2D eigenvalue weighted by molar-refractivity contribution is 4.92. The smallest absolute Gasteiger partial charge is 0.0594 e. The van der Waals surface area contributed by atoms with Gasteiger partial charge in [-0.1, -0.05) is 0 Å². The van der Waals surface area contributed by atoms with Crippen LogP contribution >= 0.6 is 0 Å². The third-order valence-corrected chi connectivity index (χ3v) is 6.23. The Morgan fingerprint density at radius 3 is 2.48 bits per heavy atom. The molecule has 3 unspecified atom stereocenters. The van der Waals surface area contributed by atoms with Crippen molar-refractivity contribution in [1.82, 2.24) is 15.1 Å². The normalized spacial score (nSPS) is 41.7. The van der Waals surface area contributed by atoms with Crippen molar-refractivity contribution in [3.05, 3.63) is 0 Å². The zero-order valence-corrected chi connectivity index (χ0v) is 13.3. The topological polar surface area (TPSA) is 27.7 Å². The van der Waals surface area contributed by atoms with Gasteiger partial charge in [0, 0.05) is 37.8 Å². The average Bonchev–Trinajstić information content (AvgIpc) is 3.13. The average molecular weight is 293 g/mol. The standard InChI is InChI=1S/C17H31N3O/c1-2-16-12-14(11-15(1)18-16)3-5-19-6-4-17(13-19)20-7-9-21-10-8-20/h14-18H,1-13H2. The van der Waals surface area contributed by atoms with Gasteiger partial charge < -0.3 is 15.0 Å². The SMILES string of the molecule is C1CN(C2CCN(CCC3CC4CCC(C3)N4)C2)CCO1. The molecule has 0 aromatic heterocycles. The summed E-state index contributed by atoms with van der Waals surface area (Å²) in [5, 5.41) is 3.77. The Labute approximate surface area is 129 Å². The summed E-state index contributed by atoms with van der Waals surface area (Å²) >= 11 is 0.